The Balaban J connectivity index is 1.87. The van der Waals surface area contributed by atoms with Crippen molar-refractivity contribution in [3.05, 3.63) is 17.8 Å². The third kappa shape index (κ3) is 3.82. The monoisotopic (exact) mass is 264 g/mol. The molecule has 0 saturated carbocycles. The Morgan fingerprint density at radius 3 is 3.00 bits per heavy atom. The van der Waals surface area contributed by atoms with E-state index in [1.165, 1.54) is 12.5 Å². The van der Waals surface area contributed by atoms with Gasteiger partial charge in [0.25, 0.3) is 5.91 Å². The fourth-order valence-electron chi connectivity index (χ4n) is 2.14. The summed E-state index contributed by atoms with van der Waals surface area (Å²) in [6.07, 6.45) is 4.69. The largest absolute Gasteiger partial charge is 0.396 e. The molecule has 1 aromatic heterocycles. The van der Waals surface area contributed by atoms with Gasteiger partial charge in [-0.3, -0.25) is 4.79 Å². The van der Waals surface area contributed by atoms with Crippen LogP contribution in [0.25, 0.3) is 0 Å². The van der Waals surface area contributed by atoms with E-state index in [-0.39, 0.29) is 5.69 Å². The lowest BCUT2D eigenvalue weighted by Crippen LogP contribution is -2.22. The van der Waals surface area contributed by atoms with Crippen LogP contribution in [-0.4, -0.2) is 30.1 Å². The maximum atomic E-state index is 11.1. The lowest BCUT2D eigenvalue weighted by molar-refractivity contribution is 0.0134. The fraction of sp³-hybridized carbons (Fsp3) is 0.538. The first-order chi connectivity index (χ1) is 9.16. The first-order valence-corrected chi connectivity index (χ1v) is 6.58. The van der Waals surface area contributed by atoms with Gasteiger partial charge in [-0.15, -0.1) is 0 Å². The number of carbonyl (C=O) groups is 1. The van der Waals surface area contributed by atoms with Crippen LogP contribution in [0.4, 0.5) is 11.5 Å². The molecule has 1 fully saturated rings. The van der Waals surface area contributed by atoms with E-state index in [1.807, 2.05) is 0 Å². The van der Waals surface area contributed by atoms with Gasteiger partial charge in [0.15, 0.2) is 0 Å². The minimum absolute atomic E-state index is 0.214. The van der Waals surface area contributed by atoms with Gasteiger partial charge in [0.05, 0.1) is 11.8 Å². The summed E-state index contributed by atoms with van der Waals surface area (Å²) in [5, 5.41) is 3.13. The Morgan fingerprint density at radius 1 is 1.47 bits per heavy atom. The Morgan fingerprint density at radius 2 is 2.32 bits per heavy atom. The van der Waals surface area contributed by atoms with Crippen molar-refractivity contribution in [2.24, 2.45) is 5.73 Å². The predicted molar refractivity (Wildman–Crippen MR) is 73.9 cm³/mol. The molecule has 6 heteroatoms. The first kappa shape index (κ1) is 13.6. The molecule has 1 aliphatic rings. The van der Waals surface area contributed by atoms with E-state index >= 15 is 0 Å². The molecule has 0 aromatic carbocycles. The molecule has 6 nitrogen and oxygen atoms in total. The van der Waals surface area contributed by atoms with Gasteiger partial charge in [0, 0.05) is 13.2 Å². The lowest BCUT2D eigenvalue weighted by atomic mass is 10.1. The van der Waals surface area contributed by atoms with E-state index in [0.717, 1.165) is 25.9 Å². The van der Waals surface area contributed by atoms with Gasteiger partial charge < -0.3 is 21.5 Å². The van der Waals surface area contributed by atoms with Crippen molar-refractivity contribution in [3.63, 3.8) is 0 Å². The van der Waals surface area contributed by atoms with Crippen LogP contribution in [0.1, 0.15) is 36.2 Å². The number of hydrogen-bond donors (Lipinski definition) is 3. The predicted octanol–water partition coefficient (Wildman–Crippen LogP) is 1.13. The molecule has 2 rings (SSSR count). The molecule has 19 heavy (non-hydrogen) atoms. The third-order valence-corrected chi connectivity index (χ3v) is 3.21. The first-order valence-electron chi connectivity index (χ1n) is 6.58. The van der Waals surface area contributed by atoms with E-state index in [2.05, 4.69) is 10.3 Å². The number of amides is 1. The van der Waals surface area contributed by atoms with Crippen molar-refractivity contribution in [2.45, 2.75) is 31.8 Å². The van der Waals surface area contributed by atoms with Crippen LogP contribution < -0.4 is 16.8 Å². The highest BCUT2D eigenvalue weighted by atomic mass is 16.5. The summed E-state index contributed by atoms with van der Waals surface area (Å²) >= 11 is 0. The molecular formula is C13H20N4O2. The molecule has 2 heterocycles. The molecule has 0 aliphatic carbocycles. The number of nitrogens with one attached hydrogen (secondary N) is 1. The van der Waals surface area contributed by atoms with Crippen LogP contribution >= 0.6 is 0 Å². The van der Waals surface area contributed by atoms with Crippen molar-refractivity contribution in [1.29, 1.82) is 0 Å². The zero-order valence-electron chi connectivity index (χ0n) is 10.9. The van der Waals surface area contributed by atoms with E-state index in [9.17, 15) is 4.79 Å². The normalized spacial score (nSPS) is 19.1. The Kier molecular flexibility index (Phi) is 4.57. The highest BCUT2D eigenvalue weighted by Crippen LogP contribution is 2.18. The number of rotatable bonds is 5. The van der Waals surface area contributed by atoms with Gasteiger partial charge in [-0.25, -0.2) is 4.98 Å². The molecule has 1 aliphatic heterocycles. The second-order valence-electron chi connectivity index (χ2n) is 4.70. The summed E-state index contributed by atoms with van der Waals surface area (Å²) in [6.45, 7) is 1.56. The number of nitrogens with two attached hydrogens (primary N) is 2. The maximum absolute atomic E-state index is 11.1. The SMILES string of the molecule is NC(=O)c1ccc(N)c(NCCC2CCCCO2)n1. The van der Waals surface area contributed by atoms with Gasteiger partial charge in [-0.2, -0.15) is 0 Å². The van der Waals surface area contributed by atoms with Crippen LogP contribution in [0.15, 0.2) is 12.1 Å². The highest BCUT2D eigenvalue weighted by molar-refractivity contribution is 5.91. The van der Waals surface area contributed by atoms with Gasteiger partial charge in [-0.05, 0) is 37.8 Å². The molecule has 1 unspecified atom stereocenters. The number of aromatic nitrogens is 1. The second-order valence-corrected chi connectivity index (χ2v) is 4.70. The van der Waals surface area contributed by atoms with E-state index in [1.54, 1.807) is 6.07 Å². The van der Waals surface area contributed by atoms with Gasteiger partial charge in [0.1, 0.15) is 11.5 Å². The molecular weight excluding hydrogens is 244 g/mol. The van der Waals surface area contributed by atoms with Crippen molar-refractivity contribution in [2.75, 3.05) is 24.2 Å². The number of nitrogens with zero attached hydrogens (tertiary/aromatic N) is 1. The zero-order chi connectivity index (χ0) is 13.7. The fourth-order valence-corrected chi connectivity index (χ4v) is 2.14. The van der Waals surface area contributed by atoms with Crippen LogP contribution in [0.2, 0.25) is 0 Å². The van der Waals surface area contributed by atoms with E-state index in [4.69, 9.17) is 16.2 Å². The summed E-state index contributed by atoms with van der Waals surface area (Å²) in [7, 11) is 0. The lowest BCUT2D eigenvalue weighted by Gasteiger charge is -2.22. The summed E-state index contributed by atoms with van der Waals surface area (Å²) < 4.78 is 5.64. The van der Waals surface area contributed by atoms with Crippen molar-refractivity contribution < 1.29 is 9.53 Å². The number of hydrogen-bond acceptors (Lipinski definition) is 5. The molecule has 0 bridgehead atoms. The molecule has 1 saturated heterocycles. The molecule has 5 N–H and O–H groups in total. The highest BCUT2D eigenvalue weighted by Gasteiger charge is 2.13. The van der Waals surface area contributed by atoms with E-state index in [0.29, 0.717) is 24.2 Å². The van der Waals surface area contributed by atoms with Gasteiger partial charge >= 0.3 is 0 Å². The summed E-state index contributed by atoms with van der Waals surface area (Å²) in [5.41, 5.74) is 11.7. The van der Waals surface area contributed by atoms with Crippen LogP contribution in [0, 0.1) is 0 Å². The molecule has 0 radical (unpaired) electrons. The zero-order valence-corrected chi connectivity index (χ0v) is 10.9. The number of carbonyl (C=O) groups excluding carboxylic acids is 1. The molecule has 0 spiro atoms. The van der Waals surface area contributed by atoms with Crippen LogP contribution in [0.5, 0.6) is 0 Å². The van der Waals surface area contributed by atoms with Gasteiger partial charge in [0.2, 0.25) is 0 Å². The quantitative estimate of drug-likeness (QED) is 0.739. The average Bonchev–Trinajstić information content (AvgIpc) is 2.42. The summed E-state index contributed by atoms with van der Waals surface area (Å²) in [4.78, 5) is 15.2. The summed E-state index contributed by atoms with van der Waals surface area (Å²) in [6, 6.07) is 3.15. The standard InChI is InChI=1S/C13H20N4O2/c14-10-4-5-11(12(15)18)17-13(10)16-7-6-9-3-1-2-8-19-9/h4-5,9H,1-3,6-8,14H2,(H2,15,18)(H,16,17). The average molecular weight is 264 g/mol. The Labute approximate surface area is 112 Å². The molecule has 104 valence electrons. The molecule has 1 atom stereocenters. The van der Waals surface area contributed by atoms with Crippen molar-refractivity contribution in [1.82, 2.24) is 4.98 Å². The van der Waals surface area contributed by atoms with Crippen LogP contribution in [-0.2, 0) is 4.74 Å². The second kappa shape index (κ2) is 6.38. The number of anilines is 2. The van der Waals surface area contributed by atoms with Crippen LogP contribution in [0.3, 0.4) is 0 Å². The third-order valence-electron chi connectivity index (χ3n) is 3.21. The van der Waals surface area contributed by atoms with Crippen molar-refractivity contribution in [3.8, 4) is 0 Å². The maximum Gasteiger partial charge on any atom is 0.267 e. The number of ether oxygens (including phenoxy) is 1. The Bertz CT molecular complexity index is 444. The molecule has 1 amide bonds. The Hall–Kier alpha value is -1.82. The topological polar surface area (TPSA) is 103 Å². The van der Waals surface area contributed by atoms with Crippen molar-refractivity contribution >= 4 is 17.4 Å². The number of pyridine rings is 1. The smallest absolute Gasteiger partial charge is 0.267 e. The molecule has 1 aromatic rings. The minimum atomic E-state index is -0.557. The van der Waals surface area contributed by atoms with E-state index < -0.39 is 5.91 Å². The minimum Gasteiger partial charge on any atom is -0.396 e. The number of primary amides is 1. The summed E-state index contributed by atoms with van der Waals surface area (Å²) in [5.74, 6) is -0.0502. The van der Waals surface area contributed by atoms with Gasteiger partial charge in [-0.1, -0.05) is 0 Å². The number of nitrogen functional groups attached to an aromatic ring is 1.